The summed E-state index contributed by atoms with van der Waals surface area (Å²) in [7, 11) is -2.17. The highest BCUT2D eigenvalue weighted by atomic mass is 32.2. The number of aryl methyl sites for hydroxylation is 1. The van der Waals surface area contributed by atoms with Gasteiger partial charge in [-0.25, -0.2) is 17.9 Å². The Morgan fingerprint density at radius 1 is 1.00 bits per heavy atom. The molecule has 2 aromatic carbocycles. The molecule has 0 heterocycles. The lowest BCUT2D eigenvalue weighted by Crippen LogP contribution is -2.23. The maximum absolute atomic E-state index is 12.1. The molecule has 0 radical (unpaired) electrons. The maximum atomic E-state index is 12.1. The second kappa shape index (κ2) is 9.29. The first-order valence-corrected chi connectivity index (χ1v) is 9.91. The summed E-state index contributed by atoms with van der Waals surface area (Å²) in [6.07, 6.45) is 0.728. The van der Waals surface area contributed by atoms with E-state index in [0.29, 0.717) is 24.2 Å². The third-order valence-electron chi connectivity index (χ3n) is 3.80. The van der Waals surface area contributed by atoms with Gasteiger partial charge in [0.25, 0.3) is 0 Å². The third kappa shape index (κ3) is 5.90. The summed E-state index contributed by atoms with van der Waals surface area (Å²) in [5, 5.41) is 2.75. The summed E-state index contributed by atoms with van der Waals surface area (Å²) >= 11 is 0. The number of nitrogens with one attached hydrogen (secondary N) is 2. The largest absolute Gasteiger partial charge is 0.465 e. The Labute approximate surface area is 158 Å². The summed E-state index contributed by atoms with van der Waals surface area (Å²) in [4.78, 5) is 23.6. The number of methoxy groups -OCH3 is 1. The zero-order valence-electron chi connectivity index (χ0n) is 15.2. The molecule has 0 aromatic heterocycles. The summed E-state index contributed by atoms with van der Waals surface area (Å²) in [5.74, 6) is -0.613. The van der Waals surface area contributed by atoms with E-state index in [-0.39, 0.29) is 17.2 Å². The van der Waals surface area contributed by atoms with E-state index in [1.807, 2.05) is 0 Å². The molecular formula is C19H22N2O5S. The lowest BCUT2D eigenvalue weighted by molar-refractivity contribution is -0.116. The zero-order chi connectivity index (χ0) is 19.9. The van der Waals surface area contributed by atoms with Gasteiger partial charge in [0.2, 0.25) is 15.9 Å². The number of ether oxygens (including phenoxy) is 1. The van der Waals surface area contributed by atoms with Crippen LogP contribution in [0, 0.1) is 0 Å². The molecule has 7 nitrogen and oxygen atoms in total. The number of hydrogen-bond donors (Lipinski definition) is 2. The highest BCUT2D eigenvalue weighted by molar-refractivity contribution is 7.89. The second-order valence-corrected chi connectivity index (χ2v) is 7.53. The molecule has 0 aliphatic heterocycles. The van der Waals surface area contributed by atoms with Crippen LogP contribution in [0.2, 0.25) is 0 Å². The maximum Gasteiger partial charge on any atom is 0.337 e. The molecule has 8 heteroatoms. The van der Waals surface area contributed by atoms with Gasteiger partial charge in [-0.3, -0.25) is 4.79 Å². The van der Waals surface area contributed by atoms with Crippen molar-refractivity contribution in [1.29, 1.82) is 0 Å². The van der Waals surface area contributed by atoms with Crippen LogP contribution < -0.4 is 10.0 Å². The monoisotopic (exact) mass is 390 g/mol. The molecule has 2 N–H and O–H groups in total. The first kappa shape index (κ1) is 20.6. The number of amides is 1. The average Bonchev–Trinajstić information content (AvgIpc) is 2.66. The molecule has 144 valence electrons. The molecule has 0 spiro atoms. The first-order valence-electron chi connectivity index (χ1n) is 8.42. The Balaban J connectivity index is 1.89. The van der Waals surface area contributed by atoms with Crippen molar-refractivity contribution in [2.75, 3.05) is 19.0 Å². The Hall–Kier alpha value is -2.71. The van der Waals surface area contributed by atoms with E-state index < -0.39 is 16.0 Å². The highest BCUT2D eigenvalue weighted by Crippen LogP contribution is 2.14. The molecule has 2 rings (SSSR count). The lowest BCUT2D eigenvalue weighted by Gasteiger charge is -2.07. The molecule has 27 heavy (non-hydrogen) atoms. The van der Waals surface area contributed by atoms with Crippen molar-refractivity contribution in [3.63, 3.8) is 0 Å². The minimum atomic E-state index is -3.47. The van der Waals surface area contributed by atoms with Crippen LogP contribution in [0.25, 0.3) is 0 Å². The normalized spacial score (nSPS) is 11.0. The first-order chi connectivity index (χ1) is 12.9. The van der Waals surface area contributed by atoms with Crippen molar-refractivity contribution < 1.29 is 22.7 Å². The van der Waals surface area contributed by atoms with Crippen molar-refractivity contribution in [3.05, 3.63) is 59.7 Å². The van der Waals surface area contributed by atoms with Crippen molar-refractivity contribution >= 4 is 27.6 Å². The topological polar surface area (TPSA) is 102 Å². The van der Waals surface area contributed by atoms with Crippen LogP contribution in [0.15, 0.2) is 53.4 Å². The van der Waals surface area contributed by atoms with Crippen LogP contribution in [0.4, 0.5) is 5.69 Å². The third-order valence-corrected chi connectivity index (χ3v) is 5.36. The number of carbonyl (C=O) groups excluding carboxylic acids is 2. The number of anilines is 1. The predicted octanol–water partition coefficient (Wildman–Crippen LogP) is 2.34. The van der Waals surface area contributed by atoms with E-state index in [1.165, 1.54) is 19.2 Å². The van der Waals surface area contributed by atoms with Gasteiger partial charge in [0.1, 0.15) is 0 Å². The van der Waals surface area contributed by atoms with E-state index in [2.05, 4.69) is 14.8 Å². The Bertz CT molecular complexity index is 891. The van der Waals surface area contributed by atoms with Crippen LogP contribution in [0.1, 0.15) is 29.3 Å². The van der Waals surface area contributed by atoms with E-state index in [9.17, 15) is 18.0 Å². The SMILES string of the molecule is CCNS(=O)(=O)c1ccc(CCC(=O)Nc2ccc(C(=O)OC)cc2)cc1. The average molecular weight is 390 g/mol. The standard InChI is InChI=1S/C19H22N2O5S/c1-3-20-27(24,25)17-11-4-14(5-12-17)6-13-18(22)21-16-9-7-15(8-10-16)19(23)26-2/h4-5,7-12,20H,3,6,13H2,1-2H3,(H,21,22). The van der Waals surface area contributed by atoms with Gasteiger partial charge < -0.3 is 10.1 Å². The van der Waals surface area contributed by atoms with Gasteiger partial charge in [0.05, 0.1) is 17.6 Å². The quantitative estimate of drug-likeness (QED) is 0.674. The molecule has 2 aromatic rings. The number of esters is 1. The molecular weight excluding hydrogens is 368 g/mol. The predicted molar refractivity (Wildman–Crippen MR) is 102 cm³/mol. The van der Waals surface area contributed by atoms with E-state index in [4.69, 9.17) is 0 Å². The van der Waals surface area contributed by atoms with Crippen LogP contribution in [0.3, 0.4) is 0 Å². The Morgan fingerprint density at radius 2 is 1.63 bits per heavy atom. The van der Waals surface area contributed by atoms with Crippen molar-refractivity contribution in [3.8, 4) is 0 Å². The number of carbonyl (C=O) groups is 2. The van der Waals surface area contributed by atoms with Crippen molar-refractivity contribution in [1.82, 2.24) is 4.72 Å². The van der Waals surface area contributed by atoms with Gasteiger partial charge in [0, 0.05) is 18.7 Å². The second-order valence-electron chi connectivity index (χ2n) is 5.76. The molecule has 0 saturated heterocycles. The van der Waals surface area contributed by atoms with Gasteiger partial charge in [-0.15, -0.1) is 0 Å². The molecule has 0 aliphatic carbocycles. The van der Waals surface area contributed by atoms with Gasteiger partial charge in [-0.1, -0.05) is 19.1 Å². The smallest absolute Gasteiger partial charge is 0.337 e. The van der Waals surface area contributed by atoms with Crippen molar-refractivity contribution in [2.24, 2.45) is 0 Å². The number of benzene rings is 2. The van der Waals surface area contributed by atoms with Crippen LogP contribution in [-0.2, 0) is 26.0 Å². The fourth-order valence-corrected chi connectivity index (χ4v) is 3.44. The fourth-order valence-electron chi connectivity index (χ4n) is 2.40. The molecule has 0 atom stereocenters. The summed E-state index contributed by atoms with van der Waals surface area (Å²) < 4.78 is 30.8. The van der Waals surface area contributed by atoms with E-state index in [1.54, 1.807) is 43.3 Å². The van der Waals surface area contributed by atoms with Gasteiger partial charge in [0.15, 0.2) is 0 Å². The van der Waals surface area contributed by atoms with E-state index in [0.717, 1.165) is 5.56 Å². The van der Waals surface area contributed by atoms with Crippen molar-refractivity contribution in [2.45, 2.75) is 24.7 Å². The molecule has 0 aliphatic rings. The van der Waals surface area contributed by atoms with E-state index >= 15 is 0 Å². The van der Waals surface area contributed by atoms with Gasteiger partial charge in [-0.2, -0.15) is 0 Å². The van der Waals surface area contributed by atoms with Crippen LogP contribution >= 0.6 is 0 Å². The molecule has 0 fully saturated rings. The zero-order valence-corrected chi connectivity index (χ0v) is 16.0. The minimum Gasteiger partial charge on any atom is -0.465 e. The summed E-state index contributed by atoms with van der Waals surface area (Å²) in [6.45, 7) is 2.04. The molecule has 0 saturated carbocycles. The van der Waals surface area contributed by atoms with Crippen LogP contribution in [0.5, 0.6) is 0 Å². The molecule has 1 amide bonds. The minimum absolute atomic E-state index is 0.176. The van der Waals surface area contributed by atoms with Gasteiger partial charge in [-0.05, 0) is 48.4 Å². The number of sulfonamides is 1. The summed E-state index contributed by atoms with van der Waals surface area (Å²) in [5.41, 5.74) is 1.85. The number of rotatable bonds is 8. The highest BCUT2D eigenvalue weighted by Gasteiger charge is 2.12. The Morgan fingerprint density at radius 3 is 2.19 bits per heavy atom. The van der Waals surface area contributed by atoms with Crippen LogP contribution in [-0.4, -0.2) is 33.9 Å². The van der Waals surface area contributed by atoms with Gasteiger partial charge >= 0.3 is 5.97 Å². The Kier molecular flexibility index (Phi) is 7.09. The number of hydrogen-bond acceptors (Lipinski definition) is 5. The molecule has 0 unspecified atom stereocenters. The summed E-state index contributed by atoms with van der Waals surface area (Å²) in [6, 6.07) is 12.9. The lowest BCUT2D eigenvalue weighted by atomic mass is 10.1. The molecule has 0 bridgehead atoms. The fraction of sp³-hybridized carbons (Fsp3) is 0.263.